The van der Waals surface area contributed by atoms with E-state index in [9.17, 15) is 0 Å². The Balaban J connectivity index is 2.76. The van der Waals surface area contributed by atoms with Gasteiger partial charge in [-0.15, -0.1) is 0 Å². The summed E-state index contributed by atoms with van der Waals surface area (Å²) in [6, 6.07) is 0.319. The van der Waals surface area contributed by atoms with Crippen molar-refractivity contribution < 1.29 is 4.74 Å². The monoisotopic (exact) mass is 197 g/mol. The normalized spacial score (nSPS) is 22.2. The molecule has 1 N–H and O–H groups in total. The minimum absolute atomic E-state index is 0.0157. The molecule has 1 aliphatic carbocycles. The molecule has 2 nitrogen and oxygen atoms in total. The van der Waals surface area contributed by atoms with Crippen molar-refractivity contribution in [3.05, 3.63) is 12.2 Å². The van der Waals surface area contributed by atoms with Crippen LogP contribution < -0.4 is 5.32 Å². The fourth-order valence-electron chi connectivity index (χ4n) is 2.60. The van der Waals surface area contributed by atoms with Crippen molar-refractivity contribution in [3.63, 3.8) is 0 Å². The Labute approximate surface area is 87.7 Å². The van der Waals surface area contributed by atoms with Crippen molar-refractivity contribution in [1.29, 1.82) is 0 Å². The van der Waals surface area contributed by atoms with Crippen molar-refractivity contribution in [2.24, 2.45) is 0 Å². The molecule has 82 valence electrons. The highest BCUT2D eigenvalue weighted by Crippen LogP contribution is 2.37. The van der Waals surface area contributed by atoms with Crippen LogP contribution in [0.4, 0.5) is 0 Å². The molecule has 0 aromatic rings. The van der Waals surface area contributed by atoms with E-state index in [2.05, 4.69) is 25.7 Å². The first-order valence-electron chi connectivity index (χ1n) is 5.60. The van der Waals surface area contributed by atoms with Gasteiger partial charge in [0.15, 0.2) is 0 Å². The molecular weight excluding hydrogens is 174 g/mol. The lowest BCUT2D eigenvalue weighted by Crippen LogP contribution is -2.50. The molecule has 0 saturated heterocycles. The summed E-state index contributed by atoms with van der Waals surface area (Å²) < 4.78 is 5.75. The van der Waals surface area contributed by atoms with Gasteiger partial charge in [-0.3, -0.25) is 0 Å². The average Bonchev–Trinajstić information content (AvgIpc) is 2.63. The van der Waals surface area contributed by atoms with Gasteiger partial charge in [-0.1, -0.05) is 31.9 Å². The van der Waals surface area contributed by atoms with Crippen molar-refractivity contribution in [2.45, 2.75) is 51.2 Å². The fraction of sp³-hybridized carbons (Fsp3) is 0.833. The van der Waals surface area contributed by atoms with E-state index in [4.69, 9.17) is 4.74 Å². The van der Waals surface area contributed by atoms with Crippen LogP contribution in [-0.2, 0) is 4.74 Å². The molecule has 1 saturated carbocycles. The van der Waals surface area contributed by atoms with E-state index in [1.807, 2.05) is 7.11 Å². The van der Waals surface area contributed by atoms with Gasteiger partial charge in [-0.05, 0) is 26.3 Å². The second-order valence-corrected chi connectivity index (χ2v) is 4.31. The minimum atomic E-state index is 0.0157. The number of ether oxygens (including phenoxy) is 1. The molecule has 0 amide bonds. The van der Waals surface area contributed by atoms with Crippen LogP contribution in [0, 0.1) is 0 Å². The Hall–Kier alpha value is -0.340. The zero-order valence-electron chi connectivity index (χ0n) is 9.73. The van der Waals surface area contributed by atoms with Gasteiger partial charge in [0.25, 0.3) is 0 Å². The Morgan fingerprint density at radius 3 is 2.43 bits per heavy atom. The maximum Gasteiger partial charge on any atom is 0.0869 e. The molecule has 0 spiro atoms. The summed E-state index contributed by atoms with van der Waals surface area (Å²) in [5.74, 6) is 0. The molecule has 0 aromatic carbocycles. The third-order valence-electron chi connectivity index (χ3n) is 3.28. The zero-order valence-corrected chi connectivity index (χ0v) is 9.73. The van der Waals surface area contributed by atoms with Crippen LogP contribution >= 0.6 is 0 Å². The summed E-state index contributed by atoms with van der Waals surface area (Å²) in [4.78, 5) is 0. The maximum absolute atomic E-state index is 5.75. The van der Waals surface area contributed by atoms with Crippen LogP contribution in [0.5, 0.6) is 0 Å². The molecule has 0 aromatic heterocycles. The SMILES string of the molecule is C=C(C)C(NCC)C1(OC)CCCC1. The highest BCUT2D eigenvalue weighted by atomic mass is 16.5. The molecule has 0 bridgehead atoms. The van der Waals surface area contributed by atoms with Gasteiger partial charge in [0.2, 0.25) is 0 Å². The molecule has 1 unspecified atom stereocenters. The summed E-state index contributed by atoms with van der Waals surface area (Å²) in [6.45, 7) is 9.27. The maximum atomic E-state index is 5.75. The van der Waals surface area contributed by atoms with Crippen LogP contribution in [0.25, 0.3) is 0 Å². The molecule has 0 aliphatic heterocycles. The second kappa shape index (κ2) is 4.94. The van der Waals surface area contributed by atoms with Gasteiger partial charge in [0, 0.05) is 7.11 Å². The lowest BCUT2D eigenvalue weighted by atomic mass is 9.87. The van der Waals surface area contributed by atoms with Crippen LogP contribution in [0.1, 0.15) is 39.5 Å². The third-order valence-corrected chi connectivity index (χ3v) is 3.28. The fourth-order valence-corrected chi connectivity index (χ4v) is 2.60. The largest absolute Gasteiger partial charge is 0.376 e. The van der Waals surface area contributed by atoms with E-state index in [-0.39, 0.29) is 5.60 Å². The number of nitrogens with one attached hydrogen (secondary N) is 1. The van der Waals surface area contributed by atoms with Crippen LogP contribution in [0.2, 0.25) is 0 Å². The van der Waals surface area contributed by atoms with Gasteiger partial charge in [-0.2, -0.15) is 0 Å². The first kappa shape index (κ1) is 11.7. The van der Waals surface area contributed by atoms with Crippen molar-refractivity contribution in [2.75, 3.05) is 13.7 Å². The van der Waals surface area contributed by atoms with Crippen LogP contribution in [0.3, 0.4) is 0 Å². The predicted molar refractivity (Wildman–Crippen MR) is 60.5 cm³/mol. The molecule has 14 heavy (non-hydrogen) atoms. The summed E-state index contributed by atoms with van der Waals surface area (Å²) in [5, 5.41) is 3.49. The number of hydrogen-bond donors (Lipinski definition) is 1. The van der Waals surface area contributed by atoms with Crippen LogP contribution in [0.15, 0.2) is 12.2 Å². The lowest BCUT2D eigenvalue weighted by Gasteiger charge is -2.37. The summed E-state index contributed by atoms with van der Waals surface area (Å²) in [5.41, 5.74) is 1.21. The first-order chi connectivity index (χ1) is 6.66. The standard InChI is InChI=1S/C12H23NO/c1-5-13-11(10(2)3)12(14-4)8-6-7-9-12/h11,13H,2,5-9H2,1,3-4H3. The Bertz CT molecular complexity index is 194. The van der Waals surface area contributed by atoms with Crippen molar-refractivity contribution in [1.82, 2.24) is 5.32 Å². The molecule has 0 radical (unpaired) electrons. The van der Waals surface area contributed by atoms with Gasteiger partial charge < -0.3 is 10.1 Å². The van der Waals surface area contributed by atoms with E-state index >= 15 is 0 Å². The molecule has 1 atom stereocenters. The van der Waals surface area contributed by atoms with Crippen molar-refractivity contribution >= 4 is 0 Å². The molecule has 0 heterocycles. The Morgan fingerprint density at radius 2 is 2.07 bits per heavy atom. The number of hydrogen-bond acceptors (Lipinski definition) is 2. The molecule has 2 heteroatoms. The van der Waals surface area contributed by atoms with Gasteiger partial charge in [0.05, 0.1) is 11.6 Å². The highest BCUT2D eigenvalue weighted by molar-refractivity contribution is 5.13. The van der Waals surface area contributed by atoms with E-state index < -0.39 is 0 Å². The summed E-state index contributed by atoms with van der Waals surface area (Å²) in [7, 11) is 1.83. The topological polar surface area (TPSA) is 21.3 Å². The average molecular weight is 197 g/mol. The number of likely N-dealkylation sites (N-methyl/N-ethyl adjacent to an activating group) is 1. The summed E-state index contributed by atoms with van der Waals surface area (Å²) >= 11 is 0. The number of methoxy groups -OCH3 is 1. The van der Waals surface area contributed by atoms with E-state index in [0.29, 0.717) is 6.04 Å². The van der Waals surface area contributed by atoms with Gasteiger partial charge in [-0.25, -0.2) is 0 Å². The minimum Gasteiger partial charge on any atom is -0.376 e. The molecular formula is C12H23NO. The Kier molecular flexibility index (Phi) is 4.14. The highest BCUT2D eigenvalue weighted by Gasteiger charge is 2.41. The van der Waals surface area contributed by atoms with Gasteiger partial charge >= 0.3 is 0 Å². The van der Waals surface area contributed by atoms with E-state index in [1.54, 1.807) is 0 Å². The van der Waals surface area contributed by atoms with E-state index in [1.165, 1.54) is 18.4 Å². The zero-order chi connectivity index (χ0) is 10.6. The van der Waals surface area contributed by atoms with Gasteiger partial charge in [0.1, 0.15) is 0 Å². The predicted octanol–water partition coefficient (Wildman–Crippen LogP) is 2.50. The first-order valence-corrected chi connectivity index (χ1v) is 5.60. The quantitative estimate of drug-likeness (QED) is 0.684. The van der Waals surface area contributed by atoms with Crippen LogP contribution in [-0.4, -0.2) is 25.3 Å². The Morgan fingerprint density at radius 1 is 1.50 bits per heavy atom. The van der Waals surface area contributed by atoms with E-state index in [0.717, 1.165) is 19.4 Å². The smallest absolute Gasteiger partial charge is 0.0869 e. The summed E-state index contributed by atoms with van der Waals surface area (Å²) in [6.07, 6.45) is 4.88. The molecule has 1 rings (SSSR count). The molecule has 1 fully saturated rings. The second-order valence-electron chi connectivity index (χ2n) is 4.31. The third kappa shape index (κ3) is 2.18. The number of rotatable bonds is 5. The molecule has 1 aliphatic rings. The van der Waals surface area contributed by atoms with Crippen molar-refractivity contribution in [3.8, 4) is 0 Å². The lowest BCUT2D eigenvalue weighted by molar-refractivity contribution is -0.0254.